The van der Waals surface area contributed by atoms with Crippen molar-refractivity contribution in [3.8, 4) is 0 Å². The third-order valence-corrected chi connectivity index (χ3v) is 4.71. The molecule has 1 aliphatic rings. The van der Waals surface area contributed by atoms with Gasteiger partial charge < -0.3 is 9.72 Å². The van der Waals surface area contributed by atoms with Gasteiger partial charge in [0, 0.05) is 35.6 Å². The van der Waals surface area contributed by atoms with Gasteiger partial charge in [0.25, 0.3) is 0 Å². The van der Waals surface area contributed by atoms with Gasteiger partial charge in [-0.15, -0.1) is 0 Å². The number of carbonyl (C=O) groups is 1. The molecule has 2 heterocycles. The van der Waals surface area contributed by atoms with Crippen LogP contribution in [0.3, 0.4) is 0 Å². The summed E-state index contributed by atoms with van der Waals surface area (Å²) in [6, 6.07) is 10.3. The summed E-state index contributed by atoms with van der Waals surface area (Å²) in [5.41, 5.74) is 4.91. The van der Waals surface area contributed by atoms with Crippen molar-refractivity contribution in [2.24, 2.45) is 0 Å². The van der Waals surface area contributed by atoms with Crippen molar-refractivity contribution in [1.82, 2.24) is 10.3 Å². The Hall–Kier alpha value is -2.73. The minimum absolute atomic E-state index is 0.317. The number of benzene rings is 2. The van der Waals surface area contributed by atoms with Crippen LogP contribution < -0.4 is 5.32 Å². The van der Waals surface area contributed by atoms with Crippen molar-refractivity contribution >= 4 is 16.9 Å². The molecule has 2 aromatic carbocycles. The van der Waals surface area contributed by atoms with Gasteiger partial charge in [0.2, 0.25) is 0 Å². The molecule has 0 saturated heterocycles. The van der Waals surface area contributed by atoms with E-state index in [4.69, 9.17) is 4.74 Å². The predicted molar refractivity (Wildman–Crippen MR) is 105 cm³/mol. The third kappa shape index (κ3) is 4.39. The first-order valence-electron chi connectivity index (χ1n) is 9.30. The van der Waals surface area contributed by atoms with Gasteiger partial charge in [-0.05, 0) is 32.4 Å². The number of hydrogen-bond donors (Lipinski definition) is 2. The van der Waals surface area contributed by atoms with Gasteiger partial charge >= 0.3 is 5.97 Å². The molecule has 0 bridgehead atoms. The molecule has 4 nitrogen and oxygen atoms in total. The molecule has 0 saturated carbocycles. The maximum Gasteiger partial charge on any atom is 0.323 e. The summed E-state index contributed by atoms with van der Waals surface area (Å²) in [7, 11) is 0. The molecule has 148 valence electrons. The molecular weight excluding hydrogens is 362 g/mol. The molecule has 1 aromatic heterocycles. The summed E-state index contributed by atoms with van der Waals surface area (Å²) in [5, 5.41) is 3.68. The first-order valence-corrected chi connectivity index (χ1v) is 9.30. The van der Waals surface area contributed by atoms with Crippen LogP contribution in [-0.4, -0.2) is 23.6 Å². The van der Waals surface area contributed by atoms with E-state index < -0.39 is 17.7 Å². The number of halogens is 2. The van der Waals surface area contributed by atoms with E-state index in [9.17, 15) is 13.6 Å². The van der Waals surface area contributed by atoms with Crippen molar-refractivity contribution in [2.45, 2.75) is 39.8 Å². The molecule has 2 N–H and O–H groups in total. The Morgan fingerprint density at radius 2 is 1.82 bits per heavy atom. The SMILES string of the molecule is CCOC(=O)C1Cc2c([nH]c3cc(F)c(F)cc23)CN1.Cc1cccc(C)c1. The first-order chi connectivity index (χ1) is 13.4. The number of aryl methyl sites for hydroxylation is 2. The lowest BCUT2D eigenvalue weighted by Gasteiger charge is -2.22. The molecule has 0 fully saturated rings. The highest BCUT2D eigenvalue weighted by Crippen LogP contribution is 2.28. The Bertz CT molecular complexity index is 980. The van der Waals surface area contributed by atoms with Gasteiger partial charge in [0.1, 0.15) is 6.04 Å². The second-order valence-electron chi connectivity index (χ2n) is 6.94. The Labute approximate surface area is 162 Å². The van der Waals surface area contributed by atoms with Crippen LogP contribution in [-0.2, 0) is 22.5 Å². The second-order valence-corrected chi connectivity index (χ2v) is 6.94. The Morgan fingerprint density at radius 1 is 1.14 bits per heavy atom. The molecule has 0 radical (unpaired) electrons. The number of nitrogens with one attached hydrogen (secondary N) is 2. The molecular formula is C22H24F2N2O2. The molecule has 28 heavy (non-hydrogen) atoms. The average Bonchev–Trinajstić information content (AvgIpc) is 2.99. The number of hydrogen-bond acceptors (Lipinski definition) is 3. The lowest BCUT2D eigenvalue weighted by atomic mass is 9.98. The summed E-state index contributed by atoms with van der Waals surface area (Å²) in [6.45, 7) is 6.71. The zero-order valence-electron chi connectivity index (χ0n) is 16.2. The number of fused-ring (bicyclic) bond motifs is 3. The summed E-state index contributed by atoms with van der Waals surface area (Å²) in [6.07, 6.45) is 0.402. The van der Waals surface area contributed by atoms with Crippen molar-refractivity contribution in [3.63, 3.8) is 0 Å². The van der Waals surface area contributed by atoms with Crippen LogP contribution in [0.1, 0.15) is 29.3 Å². The predicted octanol–water partition coefficient (Wildman–Crippen LogP) is 4.33. The van der Waals surface area contributed by atoms with Crippen LogP contribution in [0.2, 0.25) is 0 Å². The van der Waals surface area contributed by atoms with E-state index in [0.717, 1.165) is 17.3 Å². The zero-order chi connectivity index (χ0) is 20.3. The van der Waals surface area contributed by atoms with E-state index in [1.165, 1.54) is 17.2 Å². The maximum absolute atomic E-state index is 13.4. The summed E-state index contributed by atoms with van der Waals surface area (Å²) in [4.78, 5) is 14.8. The van der Waals surface area contributed by atoms with E-state index in [1.807, 2.05) is 0 Å². The quantitative estimate of drug-likeness (QED) is 0.645. The van der Waals surface area contributed by atoms with E-state index in [0.29, 0.717) is 30.5 Å². The van der Waals surface area contributed by atoms with Crippen LogP contribution >= 0.6 is 0 Å². The molecule has 0 amide bonds. The highest BCUT2D eigenvalue weighted by Gasteiger charge is 2.28. The van der Waals surface area contributed by atoms with Gasteiger partial charge in [0.05, 0.1) is 6.61 Å². The molecule has 3 aromatic rings. The fourth-order valence-corrected chi connectivity index (χ4v) is 3.40. The van der Waals surface area contributed by atoms with E-state index >= 15 is 0 Å². The Kier molecular flexibility index (Phi) is 6.09. The number of aromatic amines is 1. The van der Waals surface area contributed by atoms with E-state index in [2.05, 4.69) is 48.4 Å². The van der Waals surface area contributed by atoms with Gasteiger partial charge in [0.15, 0.2) is 11.6 Å². The van der Waals surface area contributed by atoms with Gasteiger partial charge in [-0.1, -0.05) is 35.4 Å². The minimum atomic E-state index is -0.884. The third-order valence-electron chi connectivity index (χ3n) is 4.71. The smallest absolute Gasteiger partial charge is 0.323 e. The first kappa shape index (κ1) is 20.0. The highest BCUT2D eigenvalue weighted by molar-refractivity contribution is 5.87. The number of ether oxygens (including phenoxy) is 1. The van der Waals surface area contributed by atoms with E-state index in [1.54, 1.807) is 6.92 Å². The molecule has 0 aliphatic carbocycles. The number of carbonyl (C=O) groups excluding carboxylic acids is 1. The maximum atomic E-state index is 13.4. The fraction of sp³-hybridized carbons (Fsp3) is 0.318. The molecule has 6 heteroatoms. The lowest BCUT2D eigenvalue weighted by molar-refractivity contribution is -0.145. The standard InChI is InChI=1S/C14H14F2N2O2.C8H10/c1-2-20-14(19)12-4-8-7-3-9(15)10(16)5-11(7)18-13(8)6-17-12;1-7-4-3-5-8(2)6-7/h3,5,12,17-18H,2,4,6H2,1H3;3-6H,1-2H3. The molecule has 1 atom stereocenters. The summed E-state index contributed by atoms with van der Waals surface area (Å²) in [5.74, 6) is -2.09. The number of rotatable bonds is 2. The van der Waals surface area contributed by atoms with Gasteiger partial charge in [-0.2, -0.15) is 0 Å². The topological polar surface area (TPSA) is 54.1 Å². The number of H-pyrrole nitrogens is 1. The monoisotopic (exact) mass is 386 g/mol. The fourth-order valence-electron chi connectivity index (χ4n) is 3.40. The Morgan fingerprint density at radius 3 is 2.43 bits per heavy atom. The van der Waals surface area contributed by atoms with Crippen LogP contribution in [0.4, 0.5) is 8.78 Å². The van der Waals surface area contributed by atoms with Crippen molar-refractivity contribution < 1.29 is 18.3 Å². The summed E-state index contributed by atoms with van der Waals surface area (Å²) >= 11 is 0. The average molecular weight is 386 g/mol. The lowest BCUT2D eigenvalue weighted by Crippen LogP contribution is -2.42. The van der Waals surface area contributed by atoms with E-state index in [-0.39, 0.29) is 5.97 Å². The largest absolute Gasteiger partial charge is 0.465 e. The number of esters is 1. The van der Waals surface area contributed by atoms with Crippen LogP contribution in [0, 0.1) is 25.5 Å². The summed E-state index contributed by atoms with van der Waals surface area (Å²) < 4.78 is 31.6. The van der Waals surface area contributed by atoms with Gasteiger partial charge in [-0.3, -0.25) is 10.1 Å². The second kappa shape index (κ2) is 8.52. The molecule has 4 rings (SSSR count). The molecule has 1 aliphatic heterocycles. The zero-order valence-corrected chi connectivity index (χ0v) is 16.2. The minimum Gasteiger partial charge on any atom is -0.465 e. The molecule has 1 unspecified atom stereocenters. The van der Waals surface area contributed by atoms with Crippen LogP contribution in [0.25, 0.3) is 10.9 Å². The number of aromatic nitrogens is 1. The highest BCUT2D eigenvalue weighted by atomic mass is 19.2. The van der Waals surface area contributed by atoms with Gasteiger partial charge in [-0.25, -0.2) is 8.78 Å². The normalized spacial score (nSPS) is 15.5. The van der Waals surface area contributed by atoms with Crippen molar-refractivity contribution in [1.29, 1.82) is 0 Å². The van der Waals surface area contributed by atoms with Crippen LogP contribution in [0.5, 0.6) is 0 Å². The van der Waals surface area contributed by atoms with Crippen molar-refractivity contribution in [3.05, 3.63) is 70.4 Å². The van der Waals surface area contributed by atoms with Crippen molar-refractivity contribution in [2.75, 3.05) is 6.61 Å². The molecule has 0 spiro atoms. The van der Waals surface area contributed by atoms with Crippen LogP contribution in [0.15, 0.2) is 36.4 Å². The Balaban J connectivity index is 0.000000236.